The van der Waals surface area contributed by atoms with Gasteiger partial charge in [-0.25, -0.2) is 0 Å². The van der Waals surface area contributed by atoms with E-state index in [-0.39, 0.29) is 22.6 Å². The van der Waals surface area contributed by atoms with Crippen LogP contribution in [-0.2, 0) is 4.79 Å². The number of fused-ring (bicyclic) bond motifs is 2. The molecular formula is C26H21ClN4O6. The van der Waals surface area contributed by atoms with E-state index in [4.69, 9.17) is 25.8 Å². The van der Waals surface area contributed by atoms with E-state index in [1.165, 1.54) is 13.2 Å². The summed E-state index contributed by atoms with van der Waals surface area (Å²) in [4.78, 5) is 38.8. The number of hydrogen-bond acceptors (Lipinski definition) is 7. The van der Waals surface area contributed by atoms with Gasteiger partial charge in [0, 0.05) is 17.1 Å². The van der Waals surface area contributed by atoms with Gasteiger partial charge in [-0.05, 0) is 36.4 Å². The van der Waals surface area contributed by atoms with Crippen molar-refractivity contribution >= 4 is 39.9 Å². The fourth-order valence-electron chi connectivity index (χ4n) is 3.89. The summed E-state index contributed by atoms with van der Waals surface area (Å²) in [6.07, 6.45) is 0. The minimum Gasteiger partial charge on any atom is -0.495 e. The predicted molar refractivity (Wildman–Crippen MR) is 137 cm³/mol. The molecule has 2 heterocycles. The minimum atomic E-state index is -0.623. The van der Waals surface area contributed by atoms with Gasteiger partial charge in [0.05, 0.1) is 29.8 Å². The summed E-state index contributed by atoms with van der Waals surface area (Å²) in [5, 5.41) is 10.5. The van der Waals surface area contributed by atoms with E-state index in [1.54, 1.807) is 54.6 Å². The van der Waals surface area contributed by atoms with Gasteiger partial charge in [-0.1, -0.05) is 29.8 Å². The van der Waals surface area contributed by atoms with Gasteiger partial charge in [0.15, 0.2) is 17.2 Å². The number of anilines is 1. The molecule has 0 unspecified atom stereocenters. The maximum Gasteiger partial charge on any atom is 0.279 e. The van der Waals surface area contributed by atoms with Crippen molar-refractivity contribution in [2.45, 2.75) is 0 Å². The maximum absolute atomic E-state index is 13.2. The number of aromatic nitrogens is 2. The van der Waals surface area contributed by atoms with Crippen molar-refractivity contribution in [3.8, 4) is 22.9 Å². The van der Waals surface area contributed by atoms with Crippen LogP contribution < -0.4 is 30.4 Å². The molecule has 3 aromatic carbocycles. The molecule has 0 spiro atoms. The van der Waals surface area contributed by atoms with Gasteiger partial charge in [0.25, 0.3) is 11.5 Å². The lowest BCUT2D eigenvalue weighted by Gasteiger charge is -2.19. The summed E-state index contributed by atoms with van der Waals surface area (Å²) >= 11 is 6.24. The van der Waals surface area contributed by atoms with E-state index in [0.29, 0.717) is 47.2 Å². The number of carbonyl (C=O) groups excluding carboxylic acids is 2. The number of amides is 2. The van der Waals surface area contributed by atoms with E-state index in [0.717, 1.165) is 4.68 Å². The van der Waals surface area contributed by atoms with Gasteiger partial charge in [-0.2, -0.15) is 9.78 Å². The topological polar surface area (TPSA) is 121 Å². The number of nitrogens with zero attached hydrogens (tertiary/aromatic N) is 2. The first-order valence-corrected chi connectivity index (χ1v) is 11.7. The van der Waals surface area contributed by atoms with E-state index >= 15 is 0 Å². The molecule has 5 rings (SSSR count). The molecule has 0 bridgehead atoms. The molecular weight excluding hydrogens is 500 g/mol. The number of methoxy groups -OCH3 is 1. The van der Waals surface area contributed by atoms with Crippen molar-refractivity contribution in [1.82, 2.24) is 15.1 Å². The monoisotopic (exact) mass is 520 g/mol. The molecule has 0 aliphatic carbocycles. The van der Waals surface area contributed by atoms with Crippen molar-refractivity contribution in [3.63, 3.8) is 0 Å². The summed E-state index contributed by atoms with van der Waals surface area (Å²) < 4.78 is 17.3. The van der Waals surface area contributed by atoms with Crippen LogP contribution in [-0.4, -0.2) is 48.5 Å². The van der Waals surface area contributed by atoms with Crippen molar-refractivity contribution in [2.24, 2.45) is 0 Å². The van der Waals surface area contributed by atoms with E-state index < -0.39 is 17.4 Å². The van der Waals surface area contributed by atoms with Crippen LogP contribution in [0, 0.1) is 0 Å². The number of benzene rings is 3. The molecule has 1 aliphatic rings. The highest BCUT2D eigenvalue weighted by Crippen LogP contribution is 2.32. The van der Waals surface area contributed by atoms with Crippen LogP contribution in [0.5, 0.6) is 17.2 Å². The zero-order valence-corrected chi connectivity index (χ0v) is 20.4. The molecule has 11 heteroatoms. The van der Waals surface area contributed by atoms with E-state index in [9.17, 15) is 14.4 Å². The smallest absolute Gasteiger partial charge is 0.279 e. The zero-order chi connectivity index (χ0) is 25.9. The summed E-state index contributed by atoms with van der Waals surface area (Å²) in [5.41, 5.74) is 0.406. The normalized spacial score (nSPS) is 12.2. The third-order valence-electron chi connectivity index (χ3n) is 5.64. The van der Waals surface area contributed by atoms with Crippen LogP contribution in [0.25, 0.3) is 16.5 Å². The maximum atomic E-state index is 13.2. The third-order valence-corrected chi connectivity index (χ3v) is 5.93. The molecule has 0 fully saturated rings. The molecule has 0 saturated carbocycles. The Kier molecular flexibility index (Phi) is 6.65. The molecule has 1 aliphatic heterocycles. The van der Waals surface area contributed by atoms with Crippen molar-refractivity contribution in [2.75, 3.05) is 32.2 Å². The largest absolute Gasteiger partial charge is 0.495 e. The summed E-state index contributed by atoms with van der Waals surface area (Å²) in [6.45, 7) is 0.565. The first-order valence-electron chi connectivity index (χ1n) is 11.3. The van der Waals surface area contributed by atoms with Crippen LogP contribution >= 0.6 is 11.6 Å². The fraction of sp³-hybridized carbons (Fsp3) is 0.154. The second kappa shape index (κ2) is 10.2. The van der Waals surface area contributed by atoms with Gasteiger partial charge in [-0.3, -0.25) is 14.4 Å². The number of nitrogens with one attached hydrogen (secondary N) is 2. The number of ether oxygens (including phenoxy) is 3. The lowest BCUT2D eigenvalue weighted by atomic mass is 10.1. The average Bonchev–Trinajstić information content (AvgIpc) is 2.92. The van der Waals surface area contributed by atoms with E-state index in [1.807, 2.05) is 0 Å². The first kappa shape index (κ1) is 24.1. The number of rotatable bonds is 6. The van der Waals surface area contributed by atoms with Crippen LogP contribution in [0.2, 0.25) is 5.02 Å². The molecule has 188 valence electrons. The van der Waals surface area contributed by atoms with Crippen LogP contribution in [0.4, 0.5) is 5.69 Å². The standard InChI is InChI=1S/C26H21ClN4O6/c1-35-20-9-7-16(13-19(20)27)31-26(34)18-5-3-2-4-17(18)24(30-31)25(33)28-14-23(32)29-15-6-8-21-22(12-15)37-11-10-36-21/h2-9,12-13H,10-11,14H2,1H3,(H,28,33)(H,29,32). The number of hydrogen-bond donors (Lipinski definition) is 2. The Morgan fingerprint density at radius 3 is 2.54 bits per heavy atom. The Balaban J connectivity index is 1.38. The second-order valence-electron chi connectivity index (χ2n) is 8.02. The highest BCUT2D eigenvalue weighted by molar-refractivity contribution is 6.32. The molecule has 37 heavy (non-hydrogen) atoms. The molecule has 1 aromatic heterocycles. The van der Waals surface area contributed by atoms with Gasteiger partial charge >= 0.3 is 0 Å². The predicted octanol–water partition coefficient (Wildman–Crippen LogP) is 3.19. The highest BCUT2D eigenvalue weighted by atomic mass is 35.5. The summed E-state index contributed by atoms with van der Waals surface area (Å²) in [5.74, 6) is 0.487. The van der Waals surface area contributed by atoms with Gasteiger partial charge in [-0.15, -0.1) is 0 Å². The molecule has 10 nitrogen and oxygen atoms in total. The molecule has 0 radical (unpaired) electrons. The Morgan fingerprint density at radius 2 is 1.78 bits per heavy atom. The SMILES string of the molecule is COc1ccc(-n2nc(C(=O)NCC(=O)Nc3ccc4c(c3)OCCO4)c3ccccc3c2=O)cc1Cl. The van der Waals surface area contributed by atoms with Crippen molar-refractivity contribution < 1.29 is 23.8 Å². The summed E-state index contributed by atoms with van der Waals surface area (Å²) in [7, 11) is 1.48. The number of halogens is 1. The van der Waals surface area contributed by atoms with Crippen LogP contribution in [0.15, 0.2) is 65.5 Å². The number of carbonyl (C=O) groups is 2. The molecule has 2 amide bonds. The summed E-state index contributed by atoms with van der Waals surface area (Å²) in [6, 6.07) is 16.4. The molecule has 0 saturated heterocycles. The fourth-order valence-corrected chi connectivity index (χ4v) is 4.14. The Morgan fingerprint density at radius 1 is 1.03 bits per heavy atom. The molecule has 2 N–H and O–H groups in total. The van der Waals surface area contributed by atoms with Gasteiger partial charge in [0.1, 0.15) is 19.0 Å². The lowest BCUT2D eigenvalue weighted by molar-refractivity contribution is -0.115. The second-order valence-corrected chi connectivity index (χ2v) is 8.43. The van der Waals surface area contributed by atoms with Gasteiger partial charge < -0.3 is 24.8 Å². The Bertz CT molecular complexity index is 1590. The molecule has 0 atom stereocenters. The quantitative estimate of drug-likeness (QED) is 0.400. The Hall–Kier alpha value is -4.57. The van der Waals surface area contributed by atoms with E-state index in [2.05, 4.69) is 15.7 Å². The van der Waals surface area contributed by atoms with Crippen LogP contribution in [0.3, 0.4) is 0 Å². The van der Waals surface area contributed by atoms with Crippen molar-refractivity contribution in [1.29, 1.82) is 0 Å². The average molecular weight is 521 g/mol. The molecule has 4 aromatic rings. The van der Waals surface area contributed by atoms with Gasteiger partial charge in [0.2, 0.25) is 5.91 Å². The van der Waals surface area contributed by atoms with Crippen LogP contribution in [0.1, 0.15) is 10.5 Å². The first-order chi connectivity index (χ1) is 17.9. The third kappa shape index (κ3) is 4.91. The lowest BCUT2D eigenvalue weighted by Crippen LogP contribution is -2.35. The minimum absolute atomic E-state index is 0.0192. The highest BCUT2D eigenvalue weighted by Gasteiger charge is 2.19. The Labute approximate surface area is 215 Å². The van der Waals surface area contributed by atoms with Crippen molar-refractivity contribution in [3.05, 3.63) is 81.7 Å². The zero-order valence-electron chi connectivity index (χ0n) is 19.6.